The Kier molecular flexibility index (Phi) is 5.15. The van der Waals surface area contributed by atoms with Gasteiger partial charge in [-0.3, -0.25) is 10.1 Å². The van der Waals surface area contributed by atoms with E-state index in [1.807, 2.05) is 22.8 Å². The topological polar surface area (TPSA) is 63.3 Å². The number of nitrogens with one attached hydrogen (secondary N) is 1. The van der Waals surface area contributed by atoms with Crippen LogP contribution in [-0.4, -0.2) is 40.0 Å². The zero-order valence-corrected chi connectivity index (χ0v) is 17.7. The molecule has 1 aliphatic heterocycles. The molecule has 0 atom stereocenters. The average Bonchev–Trinajstić information content (AvgIpc) is 3.44. The highest BCUT2D eigenvalue weighted by Gasteiger charge is 2.19. The third kappa shape index (κ3) is 3.78. The summed E-state index contributed by atoms with van der Waals surface area (Å²) in [5.74, 6) is 0.338. The van der Waals surface area contributed by atoms with Crippen molar-refractivity contribution >= 4 is 57.1 Å². The highest BCUT2D eigenvalue weighted by molar-refractivity contribution is 6.31. The monoisotopic (exact) mass is 442 g/mol. The molecule has 0 saturated carbocycles. The van der Waals surface area contributed by atoms with E-state index in [0.717, 1.165) is 42.6 Å². The number of carbonyl (C=O) groups excluding carboxylic acids is 1. The van der Waals surface area contributed by atoms with Crippen LogP contribution in [0.15, 0.2) is 46.9 Å². The minimum absolute atomic E-state index is 0.212. The number of halogens is 2. The first-order chi connectivity index (χ1) is 14.6. The maximum Gasteiger partial charge on any atom is 0.293 e. The van der Waals surface area contributed by atoms with Gasteiger partial charge >= 0.3 is 0 Å². The first kappa shape index (κ1) is 19.4. The minimum atomic E-state index is -0.355. The van der Waals surface area contributed by atoms with Crippen LogP contribution in [0, 0.1) is 0 Å². The van der Waals surface area contributed by atoms with E-state index in [0.29, 0.717) is 21.6 Å². The van der Waals surface area contributed by atoms with Gasteiger partial charge in [0.1, 0.15) is 5.58 Å². The van der Waals surface area contributed by atoms with Crippen molar-refractivity contribution in [3.05, 3.63) is 58.3 Å². The summed E-state index contributed by atoms with van der Waals surface area (Å²) >= 11 is 12.2. The molecule has 2 aromatic carbocycles. The zero-order chi connectivity index (χ0) is 20.7. The summed E-state index contributed by atoms with van der Waals surface area (Å²) in [5.41, 5.74) is 2.29. The third-order valence-corrected chi connectivity index (χ3v) is 5.95. The van der Waals surface area contributed by atoms with Crippen LogP contribution >= 0.6 is 23.2 Å². The van der Waals surface area contributed by atoms with Crippen molar-refractivity contribution in [3.63, 3.8) is 0 Å². The Morgan fingerprint density at radius 2 is 1.80 bits per heavy atom. The summed E-state index contributed by atoms with van der Waals surface area (Å²) in [6, 6.07) is 12.5. The van der Waals surface area contributed by atoms with Crippen molar-refractivity contribution in [1.29, 1.82) is 0 Å². The van der Waals surface area contributed by atoms with Gasteiger partial charge in [-0.25, -0.2) is 4.98 Å². The van der Waals surface area contributed by atoms with Crippen LogP contribution in [0.25, 0.3) is 22.0 Å². The molecule has 8 heteroatoms. The second-order valence-corrected chi connectivity index (χ2v) is 8.39. The number of benzene rings is 2. The Morgan fingerprint density at radius 1 is 1.03 bits per heavy atom. The highest BCUT2D eigenvalue weighted by atomic mass is 35.5. The number of amides is 1. The summed E-state index contributed by atoms with van der Waals surface area (Å²) in [6.07, 6.45) is 2.47. The lowest BCUT2D eigenvalue weighted by molar-refractivity contribution is 0.0997. The second kappa shape index (κ2) is 7.95. The van der Waals surface area contributed by atoms with Gasteiger partial charge in [0, 0.05) is 28.5 Å². The molecule has 2 aromatic heterocycles. The number of aromatic nitrogens is 2. The van der Waals surface area contributed by atoms with Crippen LogP contribution < -0.4 is 5.32 Å². The van der Waals surface area contributed by atoms with Gasteiger partial charge in [-0.15, -0.1) is 0 Å². The molecule has 0 unspecified atom stereocenters. The summed E-state index contributed by atoms with van der Waals surface area (Å²) in [6.45, 7) is 3.85. The Morgan fingerprint density at radius 3 is 2.63 bits per heavy atom. The molecule has 0 radical (unpaired) electrons. The largest absolute Gasteiger partial charge is 0.451 e. The summed E-state index contributed by atoms with van der Waals surface area (Å²) in [5, 5.41) is 4.89. The number of fused-ring (bicyclic) bond motifs is 2. The van der Waals surface area contributed by atoms with E-state index in [-0.39, 0.29) is 11.7 Å². The number of carbonyl (C=O) groups is 1. The van der Waals surface area contributed by atoms with Crippen molar-refractivity contribution in [2.24, 2.45) is 0 Å². The zero-order valence-electron chi connectivity index (χ0n) is 16.2. The van der Waals surface area contributed by atoms with Crippen molar-refractivity contribution in [2.75, 3.05) is 25.0 Å². The molecule has 1 amide bonds. The Bertz CT molecular complexity index is 1240. The van der Waals surface area contributed by atoms with Gasteiger partial charge in [-0.2, -0.15) is 0 Å². The van der Waals surface area contributed by atoms with Gasteiger partial charge in [0.15, 0.2) is 5.76 Å². The second-order valence-electron chi connectivity index (χ2n) is 7.52. The number of anilines is 1. The molecule has 4 aromatic rings. The molecule has 3 heterocycles. The fraction of sp³-hybridized carbons (Fsp3) is 0.273. The molecule has 30 heavy (non-hydrogen) atoms. The van der Waals surface area contributed by atoms with Crippen LogP contribution in [0.3, 0.4) is 0 Å². The molecule has 154 valence electrons. The van der Waals surface area contributed by atoms with Crippen LogP contribution in [-0.2, 0) is 6.54 Å². The number of hydrogen-bond donors (Lipinski definition) is 1. The Hall–Kier alpha value is -2.54. The molecule has 1 saturated heterocycles. The van der Waals surface area contributed by atoms with Crippen molar-refractivity contribution in [1.82, 2.24) is 14.5 Å². The van der Waals surface area contributed by atoms with Gasteiger partial charge in [-0.05, 0) is 68.4 Å². The van der Waals surface area contributed by atoms with E-state index >= 15 is 0 Å². The molecule has 1 aliphatic rings. The normalized spacial score (nSPS) is 14.7. The fourth-order valence-electron chi connectivity index (χ4n) is 3.96. The van der Waals surface area contributed by atoms with Crippen LogP contribution in [0.5, 0.6) is 0 Å². The molecular formula is C22H20Cl2N4O2. The first-order valence-corrected chi connectivity index (χ1v) is 10.7. The number of rotatable bonds is 5. The maximum atomic E-state index is 12.9. The fourth-order valence-corrected chi connectivity index (χ4v) is 4.31. The molecular weight excluding hydrogens is 423 g/mol. The molecule has 6 nitrogen and oxygen atoms in total. The van der Waals surface area contributed by atoms with E-state index < -0.39 is 0 Å². The first-order valence-electron chi connectivity index (χ1n) is 9.95. The summed E-state index contributed by atoms with van der Waals surface area (Å²) in [7, 11) is 0. The summed E-state index contributed by atoms with van der Waals surface area (Å²) in [4.78, 5) is 19.9. The van der Waals surface area contributed by atoms with E-state index in [4.69, 9.17) is 27.6 Å². The number of nitrogens with zero attached hydrogens (tertiary/aromatic N) is 3. The summed E-state index contributed by atoms with van der Waals surface area (Å²) < 4.78 is 7.72. The smallest absolute Gasteiger partial charge is 0.293 e. The lowest BCUT2D eigenvalue weighted by Gasteiger charge is -2.16. The van der Waals surface area contributed by atoms with Crippen LogP contribution in [0.2, 0.25) is 10.0 Å². The number of hydrogen-bond acceptors (Lipinski definition) is 4. The van der Waals surface area contributed by atoms with E-state index in [1.54, 1.807) is 24.3 Å². The quantitative estimate of drug-likeness (QED) is 0.446. The Balaban J connectivity index is 1.45. The van der Waals surface area contributed by atoms with Crippen molar-refractivity contribution in [3.8, 4) is 0 Å². The number of furan rings is 1. The standard InChI is InChI=1S/C22H20Cl2N4O2/c23-15-4-6-19-14(11-15)12-20(30-19)21(29)26-22-25-17-13-16(24)3-5-18(17)28(22)10-9-27-7-1-2-8-27/h3-6,11-13H,1-2,7-10H2,(H,25,26,29). The molecule has 0 aliphatic carbocycles. The lowest BCUT2D eigenvalue weighted by Crippen LogP contribution is -2.25. The van der Waals surface area contributed by atoms with Gasteiger partial charge in [-0.1, -0.05) is 23.2 Å². The third-order valence-electron chi connectivity index (χ3n) is 5.48. The van der Waals surface area contributed by atoms with Gasteiger partial charge in [0.25, 0.3) is 5.91 Å². The van der Waals surface area contributed by atoms with Gasteiger partial charge < -0.3 is 13.9 Å². The number of likely N-dealkylation sites (tertiary alicyclic amines) is 1. The SMILES string of the molecule is O=C(Nc1nc2cc(Cl)ccc2n1CCN1CCCC1)c1cc2cc(Cl)ccc2o1. The van der Waals surface area contributed by atoms with Crippen LogP contribution in [0.4, 0.5) is 5.95 Å². The molecule has 1 fully saturated rings. The van der Waals surface area contributed by atoms with Gasteiger partial charge in [0.2, 0.25) is 5.95 Å². The lowest BCUT2D eigenvalue weighted by atomic mass is 10.2. The van der Waals surface area contributed by atoms with Crippen molar-refractivity contribution in [2.45, 2.75) is 19.4 Å². The number of imidazole rings is 1. The van der Waals surface area contributed by atoms with Crippen LogP contribution in [0.1, 0.15) is 23.4 Å². The molecule has 5 rings (SSSR count). The predicted molar refractivity (Wildman–Crippen MR) is 120 cm³/mol. The molecule has 1 N–H and O–H groups in total. The Labute approximate surface area is 183 Å². The van der Waals surface area contributed by atoms with E-state index in [9.17, 15) is 4.79 Å². The maximum absolute atomic E-state index is 12.9. The highest BCUT2D eigenvalue weighted by Crippen LogP contribution is 2.26. The molecule has 0 spiro atoms. The minimum Gasteiger partial charge on any atom is -0.451 e. The van der Waals surface area contributed by atoms with Crippen molar-refractivity contribution < 1.29 is 9.21 Å². The predicted octanol–water partition coefficient (Wildman–Crippen LogP) is 5.44. The average molecular weight is 443 g/mol. The van der Waals surface area contributed by atoms with E-state index in [1.165, 1.54) is 12.8 Å². The van der Waals surface area contributed by atoms with Gasteiger partial charge in [0.05, 0.1) is 11.0 Å². The molecule has 0 bridgehead atoms. The van der Waals surface area contributed by atoms with E-state index in [2.05, 4.69) is 15.2 Å².